The highest BCUT2D eigenvalue weighted by molar-refractivity contribution is 5.91. The maximum absolute atomic E-state index is 12.7. The fraction of sp³-hybridized carbons (Fsp3) is 0.417. The van der Waals surface area contributed by atoms with E-state index in [9.17, 15) is 9.59 Å². The van der Waals surface area contributed by atoms with Crippen LogP contribution >= 0.6 is 0 Å². The van der Waals surface area contributed by atoms with Crippen LogP contribution in [0.25, 0.3) is 0 Å². The van der Waals surface area contributed by atoms with Crippen molar-refractivity contribution in [1.82, 2.24) is 10.1 Å². The van der Waals surface area contributed by atoms with Crippen molar-refractivity contribution in [3.63, 3.8) is 0 Å². The largest absolute Gasteiger partial charge is 0.365 e. The molecule has 0 N–H and O–H groups in total. The average Bonchev–Trinajstić information content (AvgIpc) is 3.25. The molecular formula is C48H58N2O6. The Morgan fingerprint density at radius 1 is 0.536 bits per heavy atom. The zero-order chi connectivity index (χ0) is 39.0. The molecule has 296 valence electrons. The van der Waals surface area contributed by atoms with E-state index in [1.54, 1.807) is 10.1 Å². The van der Waals surface area contributed by atoms with Gasteiger partial charge in [-0.3, -0.25) is 0 Å². The number of piperidine rings is 2. The number of unbranched alkanes of at least 4 members (excludes halogenated alkanes) is 2. The summed E-state index contributed by atoms with van der Waals surface area (Å²) in [6.07, 6.45) is 11.7. The molecule has 2 heterocycles. The van der Waals surface area contributed by atoms with E-state index in [0.717, 1.165) is 47.2 Å². The van der Waals surface area contributed by atoms with Gasteiger partial charge in [-0.05, 0) is 84.7 Å². The van der Waals surface area contributed by atoms with Gasteiger partial charge in [-0.2, -0.15) is 0 Å². The second-order valence-corrected chi connectivity index (χ2v) is 15.0. The van der Waals surface area contributed by atoms with Gasteiger partial charge in [0.2, 0.25) is 0 Å². The molecule has 56 heavy (non-hydrogen) atoms. The summed E-state index contributed by atoms with van der Waals surface area (Å²) < 4.78 is 13.4. The molecule has 8 nitrogen and oxygen atoms in total. The number of hydroxylamine groups is 4. The lowest BCUT2D eigenvalue weighted by atomic mass is 9.98. The van der Waals surface area contributed by atoms with E-state index in [1.807, 2.05) is 36.4 Å². The summed E-state index contributed by atoms with van der Waals surface area (Å²) in [7, 11) is 0. The molecule has 0 aromatic heterocycles. The fourth-order valence-corrected chi connectivity index (χ4v) is 7.39. The second kappa shape index (κ2) is 21.6. The topological polar surface area (TPSA) is 77.5 Å². The zero-order valence-corrected chi connectivity index (χ0v) is 33.1. The number of benzene rings is 4. The first-order chi connectivity index (χ1) is 27.5. The Bertz CT molecular complexity index is 1650. The molecule has 0 aliphatic carbocycles. The van der Waals surface area contributed by atoms with Crippen LogP contribution in [0.15, 0.2) is 121 Å². The van der Waals surface area contributed by atoms with E-state index in [-0.39, 0.29) is 24.4 Å². The minimum Gasteiger partial charge on any atom is -0.365 e. The third-order valence-electron chi connectivity index (χ3n) is 10.7. The molecule has 0 saturated carbocycles. The molecule has 6 rings (SSSR count). The van der Waals surface area contributed by atoms with Gasteiger partial charge < -0.3 is 19.1 Å². The van der Waals surface area contributed by atoms with Crippen LogP contribution in [0.1, 0.15) is 111 Å². The van der Waals surface area contributed by atoms with Gasteiger partial charge in [-0.15, -0.1) is 10.1 Å². The number of hydrogen-bond donors (Lipinski definition) is 0. The zero-order valence-electron chi connectivity index (χ0n) is 33.1. The molecule has 8 heteroatoms. The monoisotopic (exact) mass is 758 g/mol. The molecule has 2 atom stereocenters. The number of carbonyl (C=O) groups excluding carboxylic acids is 2. The maximum Gasteiger partial charge on any atom is 0.349 e. The summed E-state index contributed by atoms with van der Waals surface area (Å²) in [5.41, 5.74) is 7.20. The summed E-state index contributed by atoms with van der Waals surface area (Å²) in [6, 6.07) is 38.2. The van der Waals surface area contributed by atoms with E-state index < -0.39 is 11.9 Å². The molecule has 2 aliphatic heterocycles. The van der Waals surface area contributed by atoms with Crippen molar-refractivity contribution < 1.29 is 28.7 Å². The Labute approximate surface area is 333 Å². The molecule has 2 unspecified atom stereocenters. The number of ether oxygens (including phenoxy) is 2. The van der Waals surface area contributed by atoms with Gasteiger partial charge >= 0.3 is 11.9 Å². The molecule has 2 fully saturated rings. The number of aryl methyl sites for hydroxylation is 2. The van der Waals surface area contributed by atoms with Crippen LogP contribution in [0.4, 0.5) is 0 Å². The van der Waals surface area contributed by atoms with E-state index >= 15 is 0 Å². The molecule has 0 bridgehead atoms. The summed E-state index contributed by atoms with van der Waals surface area (Å²) in [5, 5.41) is 3.29. The maximum atomic E-state index is 12.7. The number of carbonyl (C=O) groups is 2. The Morgan fingerprint density at radius 2 is 0.875 bits per heavy atom. The number of hydrogen-bond acceptors (Lipinski definition) is 8. The minimum atomic E-state index is -0.607. The molecule has 0 spiro atoms. The highest BCUT2D eigenvalue weighted by atomic mass is 16.7. The van der Waals surface area contributed by atoms with Crippen molar-refractivity contribution in [2.75, 3.05) is 26.2 Å². The Morgan fingerprint density at radius 3 is 1.21 bits per heavy atom. The summed E-state index contributed by atoms with van der Waals surface area (Å²) in [4.78, 5) is 36.4. The van der Waals surface area contributed by atoms with Crippen LogP contribution in [0, 0.1) is 0 Å². The van der Waals surface area contributed by atoms with E-state index in [0.29, 0.717) is 51.9 Å². The number of rotatable bonds is 18. The predicted molar refractivity (Wildman–Crippen MR) is 219 cm³/mol. The summed E-state index contributed by atoms with van der Waals surface area (Å²) >= 11 is 0. The highest BCUT2D eigenvalue weighted by Gasteiger charge is 2.28. The van der Waals surface area contributed by atoms with Gasteiger partial charge in [0, 0.05) is 38.3 Å². The first kappa shape index (κ1) is 41.0. The van der Waals surface area contributed by atoms with Crippen LogP contribution in [-0.2, 0) is 41.6 Å². The van der Waals surface area contributed by atoms with E-state index in [2.05, 4.69) is 86.6 Å². The van der Waals surface area contributed by atoms with Crippen LogP contribution < -0.4 is 0 Å². The van der Waals surface area contributed by atoms with Crippen molar-refractivity contribution in [3.05, 3.63) is 155 Å². The smallest absolute Gasteiger partial charge is 0.349 e. The van der Waals surface area contributed by atoms with Crippen molar-refractivity contribution >= 4 is 11.9 Å². The van der Waals surface area contributed by atoms with E-state index in [4.69, 9.17) is 19.1 Å². The summed E-state index contributed by atoms with van der Waals surface area (Å²) in [6.45, 7) is 6.59. The first-order valence-corrected chi connectivity index (χ1v) is 20.7. The highest BCUT2D eigenvalue weighted by Crippen LogP contribution is 2.32. The molecule has 0 amide bonds. The Balaban J connectivity index is 0.926. The predicted octanol–water partition coefficient (Wildman–Crippen LogP) is 9.69. The lowest BCUT2D eigenvalue weighted by Crippen LogP contribution is -2.39. The standard InChI is InChI=1S/C48H58N2O6/c1-3-5-13-37-19-23-41(24-20-37)47(39-15-9-7-10-16-39)53-43-29-33-49(34-30-43)55-45(51)27-28-46(52)56-50-35-31-44(32-36-50)54-48(40-17-11-8-12-18-40)42-25-21-38(22-26-42)14-6-4-2/h7-12,15-28,43-44,47-48H,3-6,13-14,29-36H2,1-2H3/b28-27+. The third kappa shape index (κ3) is 12.5. The van der Waals surface area contributed by atoms with Gasteiger partial charge in [0.05, 0.1) is 12.2 Å². The normalized spacial score (nSPS) is 17.1. The van der Waals surface area contributed by atoms with Crippen molar-refractivity contribution in [2.24, 2.45) is 0 Å². The van der Waals surface area contributed by atoms with Crippen LogP contribution in [0.2, 0.25) is 0 Å². The second-order valence-electron chi connectivity index (χ2n) is 15.0. The first-order valence-electron chi connectivity index (χ1n) is 20.7. The molecule has 2 aliphatic rings. The molecule has 2 saturated heterocycles. The quantitative estimate of drug-likeness (QED) is 0.0929. The fourth-order valence-electron chi connectivity index (χ4n) is 7.39. The molecule has 4 aromatic carbocycles. The van der Waals surface area contributed by atoms with Gasteiger partial charge in [-0.25, -0.2) is 9.59 Å². The lowest BCUT2D eigenvalue weighted by Gasteiger charge is -2.33. The van der Waals surface area contributed by atoms with Crippen LogP contribution in [-0.4, -0.2) is 60.5 Å². The minimum absolute atomic E-state index is 0.0149. The van der Waals surface area contributed by atoms with Gasteiger partial charge in [-0.1, -0.05) is 136 Å². The van der Waals surface area contributed by atoms with Crippen molar-refractivity contribution in [3.8, 4) is 0 Å². The van der Waals surface area contributed by atoms with Gasteiger partial charge in [0.25, 0.3) is 0 Å². The van der Waals surface area contributed by atoms with Crippen molar-refractivity contribution in [1.29, 1.82) is 0 Å². The average molecular weight is 759 g/mol. The third-order valence-corrected chi connectivity index (χ3v) is 10.7. The SMILES string of the molecule is CCCCc1ccc(C(OC2CCN(OC(=O)/C=C/C(=O)ON3CCC(OC(c4ccccc4)c4ccc(CCCC)cc4)CC3)CC2)c2ccccc2)cc1. The lowest BCUT2D eigenvalue weighted by molar-refractivity contribution is -0.198. The summed E-state index contributed by atoms with van der Waals surface area (Å²) in [5.74, 6) is -1.21. The Kier molecular flexibility index (Phi) is 15.9. The molecule has 0 radical (unpaired) electrons. The van der Waals surface area contributed by atoms with Gasteiger partial charge in [0.15, 0.2) is 0 Å². The molecule has 4 aromatic rings. The van der Waals surface area contributed by atoms with Crippen molar-refractivity contribution in [2.45, 2.75) is 102 Å². The van der Waals surface area contributed by atoms with Crippen LogP contribution in [0.5, 0.6) is 0 Å². The Hall–Kier alpha value is -4.60. The van der Waals surface area contributed by atoms with E-state index in [1.165, 1.54) is 36.8 Å². The van der Waals surface area contributed by atoms with Gasteiger partial charge in [0.1, 0.15) is 12.2 Å². The molecular weight excluding hydrogens is 701 g/mol. The van der Waals surface area contributed by atoms with Crippen LogP contribution in [0.3, 0.4) is 0 Å². The number of nitrogens with zero attached hydrogens (tertiary/aromatic N) is 2.